The molecule has 2 fully saturated rings. The fraction of sp³-hybridized carbons (Fsp3) is 0.938. The van der Waals surface area contributed by atoms with Crippen LogP contribution in [-0.4, -0.2) is 74.2 Å². The van der Waals surface area contributed by atoms with Gasteiger partial charge in [0.15, 0.2) is 0 Å². The van der Waals surface area contributed by atoms with Gasteiger partial charge < -0.3 is 19.9 Å². The van der Waals surface area contributed by atoms with Gasteiger partial charge in [-0.3, -0.25) is 4.79 Å². The van der Waals surface area contributed by atoms with Gasteiger partial charge in [0.1, 0.15) is 0 Å². The molecule has 0 aromatic carbocycles. The summed E-state index contributed by atoms with van der Waals surface area (Å²) in [4.78, 5) is 16.6. The predicted octanol–water partition coefficient (Wildman–Crippen LogP) is 1.09. The van der Waals surface area contributed by atoms with Crippen molar-refractivity contribution < 1.29 is 9.53 Å². The van der Waals surface area contributed by atoms with Crippen molar-refractivity contribution in [1.29, 1.82) is 0 Å². The van der Waals surface area contributed by atoms with Crippen LogP contribution in [0.15, 0.2) is 0 Å². The van der Waals surface area contributed by atoms with Crippen molar-refractivity contribution in [3.8, 4) is 0 Å². The lowest BCUT2D eigenvalue weighted by molar-refractivity contribution is -0.132. The molecule has 1 unspecified atom stereocenters. The summed E-state index contributed by atoms with van der Waals surface area (Å²) in [6.07, 6.45) is 5.67. The number of hydrogen-bond acceptors (Lipinski definition) is 4. The zero-order valence-corrected chi connectivity index (χ0v) is 13.5. The Kier molecular flexibility index (Phi) is 7.47. The van der Waals surface area contributed by atoms with Crippen LogP contribution in [0.5, 0.6) is 0 Å². The molecule has 2 heterocycles. The minimum atomic E-state index is 0.319. The molecule has 0 saturated carbocycles. The van der Waals surface area contributed by atoms with Crippen molar-refractivity contribution >= 4 is 5.91 Å². The molecule has 0 aromatic rings. The Labute approximate surface area is 129 Å². The number of amides is 1. The summed E-state index contributed by atoms with van der Waals surface area (Å²) in [5.41, 5.74) is 0. The highest BCUT2D eigenvalue weighted by atomic mass is 16.5. The van der Waals surface area contributed by atoms with E-state index < -0.39 is 0 Å². The van der Waals surface area contributed by atoms with E-state index in [4.69, 9.17) is 4.74 Å². The van der Waals surface area contributed by atoms with E-state index in [9.17, 15) is 4.79 Å². The van der Waals surface area contributed by atoms with Crippen LogP contribution in [0.2, 0.25) is 0 Å². The maximum atomic E-state index is 12.2. The van der Waals surface area contributed by atoms with Gasteiger partial charge in [-0.25, -0.2) is 0 Å². The molecule has 5 heteroatoms. The summed E-state index contributed by atoms with van der Waals surface area (Å²) in [6, 6.07) is 0. The van der Waals surface area contributed by atoms with E-state index in [2.05, 4.69) is 17.1 Å². The van der Waals surface area contributed by atoms with Gasteiger partial charge >= 0.3 is 0 Å². The average molecular weight is 297 g/mol. The molecule has 2 aliphatic heterocycles. The fourth-order valence-electron chi connectivity index (χ4n) is 3.13. The van der Waals surface area contributed by atoms with E-state index in [1.54, 1.807) is 0 Å². The topological polar surface area (TPSA) is 44.8 Å². The first-order valence-electron chi connectivity index (χ1n) is 8.62. The third kappa shape index (κ3) is 5.93. The summed E-state index contributed by atoms with van der Waals surface area (Å²) in [7, 11) is 0. The Morgan fingerprint density at radius 1 is 1.19 bits per heavy atom. The molecule has 122 valence electrons. The minimum absolute atomic E-state index is 0.319. The number of piperazine rings is 1. The van der Waals surface area contributed by atoms with Crippen LogP contribution in [0.25, 0.3) is 0 Å². The summed E-state index contributed by atoms with van der Waals surface area (Å²) >= 11 is 0. The first-order valence-corrected chi connectivity index (χ1v) is 8.62. The van der Waals surface area contributed by atoms with Crippen molar-refractivity contribution in [3.63, 3.8) is 0 Å². The first kappa shape index (κ1) is 16.7. The lowest BCUT2D eigenvalue weighted by Crippen LogP contribution is -2.47. The highest BCUT2D eigenvalue weighted by Crippen LogP contribution is 2.15. The van der Waals surface area contributed by atoms with Gasteiger partial charge in [0, 0.05) is 52.3 Å². The molecule has 0 spiro atoms. The number of hydrogen-bond donors (Lipinski definition) is 1. The Balaban J connectivity index is 1.65. The molecular formula is C16H31N3O2. The van der Waals surface area contributed by atoms with E-state index in [1.165, 1.54) is 12.8 Å². The number of likely N-dealkylation sites (tertiary alicyclic amines) is 1. The minimum Gasteiger partial charge on any atom is -0.378 e. The average Bonchev–Trinajstić information content (AvgIpc) is 2.76. The molecular weight excluding hydrogens is 266 g/mol. The van der Waals surface area contributed by atoms with Gasteiger partial charge in [0.05, 0.1) is 6.10 Å². The molecule has 2 rings (SSSR count). The normalized spacial score (nSPS) is 24.8. The molecule has 1 atom stereocenters. The second-order valence-electron chi connectivity index (χ2n) is 6.15. The molecule has 1 N–H and O–H groups in total. The van der Waals surface area contributed by atoms with Crippen LogP contribution in [0.4, 0.5) is 0 Å². The van der Waals surface area contributed by atoms with Crippen LogP contribution in [0, 0.1) is 0 Å². The predicted molar refractivity (Wildman–Crippen MR) is 84.4 cm³/mol. The van der Waals surface area contributed by atoms with Crippen LogP contribution >= 0.6 is 0 Å². The summed E-state index contributed by atoms with van der Waals surface area (Å²) in [5, 5.41) is 3.29. The summed E-state index contributed by atoms with van der Waals surface area (Å²) in [5.74, 6) is 0.319. The summed E-state index contributed by atoms with van der Waals surface area (Å²) < 4.78 is 5.87. The van der Waals surface area contributed by atoms with Crippen molar-refractivity contribution in [1.82, 2.24) is 15.1 Å². The standard InChI is InChI=1S/C16H31N3O2/c1-2-14-21-15-4-3-9-18(10-5-15)11-6-16(20)19-12-7-17-8-13-19/h15,17H,2-14H2,1H3. The monoisotopic (exact) mass is 297 g/mol. The number of nitrogens with zero attached hydrogens (tertiary/aromatic N) is 2. The van der Waals surface area contributed by atoms with Crippen LogP contribution in [0.1, 0.15) is 39.0 Å². The Bertz CT molecular complexity index is 306. The van der Waals surface area contributed by atoms with Crippen molar-refractivity contribution in [2.45, 2.75) is 45.1 Å². The number of nitrogens with one attached hydrogen (secondary N) is 1. The van der Waals surface area contributed by atoms with Crippen molar-refractivity contribution in [2.75, 3.05) is 52.4 Å². The SMILES string of the molecule is CCCOC1CCCN(CCC(=O)N2CCNCC2)CC1. The molecule has 2 aliphatic rings. The van der Waals surface area contributed by atoms with Crippen LogP contribution in [-0.2, 0) is 9.53 Å². The van der Waals surface area contributed by atoms with E-state index in [-0.39, 0.29) is 0 Å². The zero-order valence-electron chi connectivity index (χ0n) is 13.5. The molecule has 2 saturated heterocycles. The van der Waals surface area contributed by atoms with Gasteiger partial charge in [0.25, 0.3) is 0 Å². The highest BCUT2D eigenvalue weighted by Gasteiger charge is 2.20. The molecule has 0 aliphatic carbocycles. The lowest BCUT2D eigenvalue weighted by Gasteiger charge is -2.28. The molecule has 5 nitrogen and oxygen atoms in total. The Hall–Kier alpha value is -0.650. The van der Waals surface area contributed by atoms with E-state index >= 15 is 0 Å². The molecule has 0 bridgehead atoms. The number of carbonyl (C=O) groups is 1. The van der Waals surface area contributed by atoms with Crippen molar-refractivity contribution in [3.05, 3.63) is 0 Å². The van der Waals surface area contributed by atoms with E-state index in [0.29, 0.717) is 18.4 Å². The first-order chi connectivity index (χ1) is 10.3. The molecule has 0 aromatic heterocycles. The molecule has 0 radical (unpaired) electrons. The largest absolute Gasteiger partial charge is 0.378 e. The second kappa shape index (κ2) is 9.38. The smallest absolute Gasteiger partial charge is 0.223 e. The van der Waals surface area contributed by atoms with Crippen LogP contribution < -0.4 is 5.32 Å². The highest BCUT2D eigenvalue weighted by molar-refractivity contribution is 5.76. The van der Waals surface area contributed by atoms with Gasteiger partial charge in [-0.2, -0.15) is 0 Å². The zero-order chi connectivity index (χ0) is 14.9. The van der Waals surface area contributed by atoms with E-state index in [0.717, 1.165) is 65.3 Å². The fourth-order valence-corrected chi connectivity index (χ4v) is 3.13. The number of rotatable bonds is 6. The quantitative estimate of drug-likeness (QED) is 0.797. The third-order valence-electron chi connectivity index (χ3n) is 4.44. The van der Waals surface area contributed by atoms with Crippen LogP contribution in [0.3, 0.4) is 0 Å². The van der Waals surface area contributed by atoms with Gasteiger partial charge in [-0.05, 0) is 32.2 Å². The Morgan fingerprint density at radius 3 is 2.76 bits per heavy atom. The molecule has 1 amide bonds. The number of ether oxygens (including phenoxy) is 1. The third-order valence-corrected chi connectivity index (χ3v) is 4.44. The van der Waals surface area contributed by atoms with Gasteiger partial charge in [0.2, 0.25) is 5.91 Å². The number of carbonyl (C=O) groups excluding carboxylic acids is 1. The van der Waals surface area contributed by atoms with E-state index in [1.807, 2.05) is 4.90 Å². The molecule has 21 heavy (non-hydrogen) atoms. The maximum absolute atomic E-state index is 12.2. The Morgan fingerprint density at radius 2 is 2.00 bits per heavy atom. The maximum Gasteiger partial charge on any atom is 0.223 e. The van der Waals surface area contributed by atoms with Gasteiger partial charge in [-0.1, -0.05) is 6.92 Å². The second-order valence-corrected chi connectivity index (χ2v) is 6.15. The van der Waals surface area contributed by atoms with Crippen molar-refractivity contribution in [2.24, 2.45) is 0 Å². The lowest BCUT2D eigenvalue weighted by atomic mass is 10.2. The van der Waals surface area contributed by atoms with Gasteiger partial charge in [-0.15, -0.1) is 0 Å². The summed E-state index contributed by atoms with van der Waals surface area (Å²) in [6.45, 7) is 9.74.